The highest BCUT2D eigenvalue weighted by Gasteiger charge is 2.25. The molecule has 0 aliphatic carbocycles. The normalized spacial score (nSPS) is 17.3. The summed E-state index contributed by atoms with van der Waals surface area (Å²) in [6, 6.07) is 13.5. The Morgan fingerprint density at radius 3 is 2.57 bits per heavy atom. The Kier molecular flexibility index (Phi) is 4.36. The minimum Gasteiger partial charge on any atom is -0.467 e. The van der Waals surface area contributed by atoms with Gasteiger partial charge in [0.2, 0.25) is 5.91 Å². The second-order valence-corrected chi connectivity index (χ2v) is 5.39. The molecule has 0 spiro atoms. The second kappa shape index (κ2) is 6.59. The molecule has 2 N–H and O–H groups in total. The lowest BCUT2D eigenvalue weighted by Crippen LogP contribution is -2.39. The Balaban J connectivity index is 1.78. The van der Waals surface area contributed by atoms with Gasteiger partial charge < -0.3 is 15.1 Å². The van der Waals surface area contributed by atoms with Crippen LogP contribution in [-0.2, 0) is 4.79 Å². The van der Waals surface area contributed by atoms with Gasteiger partial charge in [-0.15, -0.1) is 0 Å². The van der Waals surface area contributed by atoms with E-state index in [4.69, 9.17) is 4.42 Å². The van der Waals surface area contributed by atoms with Crippen LogP contribution in [0.3, 0.4) is 0 Å². The van der Waals surface area contributed by atoms with Crippen LogP contribution in [0.15, 0.2) is 53.1 Å². The minimum atomic E-state index is -0.219. The molecule has 4 nitrogen and oxygen atoms in total. The molecule has 3 rings (SSSR count). The van der Waals surface area contributed by atoms with Crippen LogP contribution < -0.4 is 10.6 Å². The summed E-state index contributed by atoms with van der Waals surface area (Å²) in [7, 11) is 0. The van der Waals surface area contributed by atoms with Crippen molar-refractivity contribution in [3.63, 3.8) is 0 Å². The molecule has 1 atom stereocenters. The van der Waals surface area contributed by atoms with E-state index in [-0.39, 0.29) is 17.9 Å². The van der Waals surface area contributed by atoms with Gasteiger partial charge in [0.25, 0.3) is 0 Å². The Morgan fingerprint density at radius 1 is 1.14 bits per heavy atom. The number of nitrogens with one attached hydrogen (secondary N) is 2. The van der Waals surface area contributed by atoms with E-state index in [0.29, 0.717) is 0 Å². The fourth-order valence-electron chi connectivity index (χ4n) is 2.76. The first kappa shape index (κ1) is 13.9. The Hall–Kier alpha value is -2.07. The highest BCUT2D eigenvalue weighted by molar-refractivity contribution is 5.79. The van der Waals surface area contributed by atoms with Crippen LogP contribution in [-0.4, -0.2) is 19.0 Å². The first-order chi connectivity index (χ1) is 10.3. The molecule has 2 heterocycles. The van der Waals surface area contributed by atoms with Gasteiger partial charge in [-0.25, -0.2) is 0 Å². The van der Waals surface area contributed by atoms with Crippen molar-refractivity contribution in [3.05, 3.63) is 60.1 Å². The summed E-state index contributed by atoms with van der Waals surface area (Å²) in [5.74, 6) is 0.970. The van der Waals surface area contributed by atoms with Crippen LogP contribution in [0.25, 0.3) is 0 Å². The second-order valence-electron chi connectivity index (χ2n) is 5.39. The Morgan fingerprint density at radius 2 is 1.90 bits per heavy atom. The van der Waals surface area contributed by atoms with Crippen LogP contribution >= 0.6 is 0 Å². The molecule has 110 valence electrons. The van der Waals surface area contributed by atoms with Gasteiger partial charge in [-0.3, -0.25) is 4.79 Å². The minimum absolute atomic E-state index is 0.0902. The Bertz CT molecular complexity index is 560. The smallest absolute Gasteiger partial charge is 0.224 e. The predicted octanol–water partition coefficient (Wildman–Crippen LogP) is 2.48. The number of rotatable bonds is 4. The molecule has 0 radical (unpaired) electrons. The SMILES string of the molecule is O=C(NC(c1ccccc1)c1ccco1)C1CCNCC1. The van der Waals surface area contributed by atoms with E-state index in [1.54, 1.807) is 6.26 Å². The van der Waals surface area contributed by atoms with Crippen LogP contribution in [0.2, 0.25) is 0 Å². The van der Waals surface area contributed by atoms with Crippen molar-refractivity contribution in [2.24, 2.45) is 5.92 Å². The van der Waals surface area contributed by atoms with Crippen molar-refractivity contribution in [3.8, 4) is 0 Å². The summed E-state index contributed by atoms with van der Waals surface area (Å²) >= 11 is 0. The average Bonchev–Trinajstić information content (AvgIpc) is 3.08. The number of carbonyl (C=O) groups is 1. The van der Waals surface area contributed by atoms with Crippen molar-refractivity contribution < 1.29 is 9.21 Å². The molecule has 1 saturated heterocycles. The first-order valence-electron chi connectivity index (χ1n) is 7.44. The lowest BCUT2D eigenvalue weighted by Gasteiger charge is -2.25. The predicted molar refractivity (Wildman–Crippen MR) is 80.7 cm³/mol. The molecule has 1 fully saturated rings. The van der Waals surface area contributed by atoms with Gasteiger partial charge in [0.05, 0.1) is 6.26 Å². The number of piperidine rings is 1. The number of amides is 1. The van der Waals surface area contributed by atoms with Gasteiger partial charge in [0.1, 0.15) is 11.8 Å². The van der Waals surface area contributed by atoms with Gasteiger partial charge in [0.15, 0.2) is 0 Å². The molecule has 1 aliphatic rings. The van der Waals surface area contributed by atoms with E-state index >= 15 is 0 Å². The summed E-state index contributed by atoms with van der Waals surface area (Å²) in [4.78, 5) is 12.5. The number of carbonyl (C=O) groups excluding carboxylic acids is 1. The van der Waals surface area contributed by atoms with Crippen molar-refractivity contribution in [1.82, 2.24) is 10.6 Å². The van der Waals surface area contributed by atoms with E-state index < -0.39 is 0 Å². The molecule has 0 bridgehead atoms. The maximum atomic E-state index is 12.5. The summed E-state index contributed by atoms with van der Waals surface area (Å²) in [6.45, 7) is 1.82. The van der Waals surface area contributed by atoms with Crippen LogP contribution in [0.5, 0.6) is 0 Å². The summed E-state index contributed by atoms with van der Waals surface area (Å²) < 4.78 is 5.51. The van der Waals surface area contributed by atoms with Crippen molar-refractivity contribution in [2.75, 3.05) is 13.1 Å². The summed E-state index contributed by atoms with van der Waals surface area (Å²) in [6.07, 6.45) is 3.43. The van der Waals surface area contributed by atoms with E-state index in [1.807, 2.05) is 42.5 Å². The van der Waals surface area contributed by atoms with Crippen molar-refractivity contribution in [2.45, 2.75) is 18.9 Å². The molecule has 21 heavy (non-hydrogen) atoms. The van der Waals surface area contributed by atoms with E-state index in [9.17, 15) is 4.79 Å². The van der Waals surface area contributed by atoms with Gasteiger partial charge in [0, 0.05) is 5.92 Å². The molecule has 0 saturated carbocycles. The number of furan rings is 1. The lowest BCUT2D eigenvalue weighted by molar-refractivity contribution is -0.126. The zero-order valence-corrected chi connectivity index (χ0v) is 11.9. The number of benzene rings is 1. The molecule has 1 aromatic heterocycles. The number of hydrogen-bond donors (Lipinski definition) is 2. The zero-order chi connectivity index (χ0) is 14.5. The Labute approximate surface area is 124 Å². The molecule has 2 aromatic rings. The molecule has 1 aromatic carbocycles. The summed E-state index contributed by atoms with van der Waals surface area (Å²) in [5.41, 5.74) is 1.04. The average molecular weight is 284 g/mol. The lowest BCUT2D eigenvalue weighted by atomic mass is 9.96. The quantitative estimate of drug-likeness (QED) is 0.907. The van der Waals surface area contributed by atoms with Gasteiger partial charge >= 0.3 is 0 Å². The monoisotopic (exact) mass is 284 g/mol. The van der Waals surface area contributed by atoms with Gasteiger partial charge in [-0.05, 0) is 43.6 Å². The third-order valence-corrected chi connectivity index (χ3v) is 3.96. The largest absolute Gasteiger partial charge is 0.467 e. The van der Waals surface area contributed by atoms with Crippen LogP contribution in [0, 0.1) is 5.92 Å². The molecular formula is C17H20N2O2. The molecule has 4 heteroatoms. The molecule has 1 aliphatic heterocycles. The van der Waals surface area contributed by atoms with Crippen LogP contribution in [0.1, 0.15) is 30.2 Å². The van der Waals surface area contributed by atoms with Gasteiger partial charge in [-0.1, -0.05) is 30.3 Å². The third kappa shape index (κ3) is 3.34. The molecule has 1 unspecified atom stereocenters. The van der Waals surface area contributed by atoms with Crippen molar-refractivity contribution >= 4 is 5.91 Å². The van der Waals surface area contributed by atoms with Crippen LogP contribution in [0.4, 0.5) is 0 Å². The van der Waals surface area contributed by atoms with Gasteiger partial charge in [-0.2, -0.15) is 0 Å². The zero-order valence-electron chi connectivity index (χ0n) is 11.9. The standard InChI is InChI=1S/C17H20N2O2/c20-17(14-8-10-18-11-9-14)19-16(15-7-4-12-21-15)13-5-2-1-3-6-13/h1-7,12,14,16,18H,8-11H2,(H,19,20). The fourth-order valence-corrected chi connectivity index (χ4v) is 2.76. The molecule has 1 amide bonds. The van der Waals surface area contributed by atoms with E-state index in [0.717, 1.165) is 37.3 Å². The maximum Gasteiger partial charge on any atom is 0.224 e. The number of hydrogen-bond acceptors (Lipinski definition) is 3. The molecular weight excluding hydrogens is 264 g/mol. The summed E-state index contributed by atoms with van der Waals surface area (Å²) in [5, 5.41) is 6.43. The maximum absolute atomic E-state index is 12.5. The first-order valence-corrected chi connectivity index (χ1v) is 7.44. The van der Waals surface area contributed by atoms with E-state index in [1.165, 1.54) is 0 Å². The highest BCUT2D eigenvalue weighted by Crippen LogP contribution is 2.23. The van der Waals surface area contributed by atoms with Crippen molar-refractivity contribution in [1.29, 1.82) is 0 Å². The highest BCUT2D eigenvalue weighted by atomic mass is 16.3. The third-order valence-electron chi connectivity index (χ3n) is 3.96. The fraction of sp³-hybridized carbons (Fsp3) is 0.353. The topological polar surface area (TPSA) is 54.3 Å². The van der Waals surface area contributed by atoms with E-state index in [2.05, 4.69) is 10.6 Å².